The van der Waals surface area contributed by atoms with Crippen LogP contribution in [0.4, 0.5) is 0 Å². The highest BCUT2D eigenvalue weighted by atomic mass is 32.2. The van der Waals surface area contributed by atoms with Crippen molar-refractivity contribution in [2.45, 2.75) is 140 Å². The third-order valence-electron chi connectivity index (χ3n) is 10.2. The summed E-state index contributed by atoms with van der Waals surface area (Å²) in [5.74, 6) is 0.636. The van der Waals surface area contributed by atoms with E-state index in [1.54, 1.807) is 24.3 Å². The quantitative estimate of drug-likeness (QED) is 0.224. The van der Waals surface area contributed by atoms with Crippen LogP contribution in [0.3, 0.4) is 0 Å². The second-order valence-corrected chi connectivity index (χ2v) is 15.1. The Balaban J connectivity index is 1.42. The number of benzene rings is 1. The molecule has 0 spiro atoms. The van der Waals surface area contributed by atoms with Gasteiger partial charge >= 0.3 is 0 Å². The minimum atomic E-state index is -3.47. The van der Waals surface area contributed by atoms with Crippen LogP contribution < -0.4 is 0 Å². The Morgan fingerprint density at radius 1 is 1.10 bits per heavy atom. The van der Waals surface area contributed by atoms with Crippen molar-refractivity contribution in [1.82, 2.24) is 0 Å². The van der Waals surface area contributed by atoms with Crippen LogP contribution in [-0.4, -0.2) is 50.3 Å². The number of ether oxygens (including phenoxy) is 3. The largest absolute Gasteiger partial charge is 0.374 e. The first-order valence-electron chi connectivity index (χ1n) is 16.3. The number of fused-ring (bicyclic) bond motifs is 1. The highest BCUT2D eigenvalue weighted by Gasteiger charge is 2.51. The van der Waals surface area contributed by atoms with Gasteiger partial charge in [0, 0.05) is 13.7 Å². The van der Waals surface area contributed by atoms with E-state index < -0.39 is 16.2 Å². The summed E-state index contributed by atoms with van der Waals surface area (Å²) in [5, 5.41) is 0. The van der Waals surface area contributed by atoms with Gasteiger partial charge < -0.3 is 14.2 Å². The zero-order chi connectivity index (χ0) is 29.9. The van der Waals surface area contributed by atoms with E-state index in [2.05, 4.69) is 48.1 Å². The van der Waals surface area contributed by atoms with Crippen molar-refractivity contribution < 1.29 is 24.0 Å². The molecule has 3 aliphatic rings. The van der Waals surface area contributed by atoms with Crippen molar-refractivity contribution in [1.29, 1.82) is 0 Å². The van der Waals surface area contributed by atoms with Crippen LogP contribution in [0.25, 0.3) is 0 Å². The molecular weight excluding hydrogens is 520 g/mol. The van der Waals surface area contributed by atoms with Crippen LogP contribution in [0.15, 0.2) is 47.4 Å². The number of allylic oxidation sites excluding steroid dienone is 1. The maximum atomic E-state index is 13.4. The first-order valence-corrected chi connectivity index (χ1v) is 17.4. The first kappa shape index (κ1) is 30.3. The van der Waals surface area contributed by atoms with E-state index in [0.717, 1.165) is 50.5 Å². The zero-order valence-electron chi connectivity index (χ0n) is 26.7. The fraction of sp³-hybridized carbons (Fsp3) is 0.765. The summed E-state index contributed by atoms with van der Waals surface area (Å²) in [6.07, 6.45) is 6.98. The van der Waals surface area contributed by atoms with E-state index in [1.807, 2.05) is 6.07 Å². The Morgan fingerprint density at radius 2 is 1.82 bits per heavy atom. The SMILES string of the molecule is [3H][C@H](CC1O[C@H](C[C@H](C)CC)[C@H](C)[C@H]1CS(=O)(=O)c1ccccc1)C(=C)[C@H](C)C[C@H]1CC[C@@H]2O[C@@H](C)C[C@]2(CC)O1. The highest BCUT2D eigenvalue weighted by molar-refractivity contribution is 7.91. The lowest BCUT2D eigenvalue weighted by molar-refractivity contribution is -0.170. The first-order chi connectivity index (χ1) is 19.4. The standard InChI is InChI=1S/C34H54O5S/c1-8-23(3)19-32-27(7)30(22-40(35,36)29-13-11-10-12-14-29)31(38-32)17-15-24(4)25(5)20-28-16-18-33-34(9-2,39-28)21-26(6)37-33/h10-14,23,25-28,30-33H,4,8-9,15-22H2,1-3,5-7H3/t23-,25-,26+,27-,28-,30-,31?,32-,33+,34+/m1/s1/i15T/t15-,23-,25-,26+,27-,28-,30-,31?,32-,33+,34+. The molecule has 0 radical (unpaired) electrons. The molecule has 40 heavy (non-hydrogen) atoms. The van der Waals surface area contributed by atoms with Crippen LogP contribution in [-0.2, 0) is 24.0 Å². The molecule has 3 fully saturated rings. The molecule has 3 saturated heterocycles. The van der Waals surface area contributed by atoms with E-state index in [9.17, 15) is 8.42 Å². The van der Waals surface area contributed by atoms with Gasteiger partial charge in [0.1, 0.15) is 0 Å². The van der Waals surface area contributed by atoms with Crippen molar-refractivity contribution in [3.8, 4) is 0 Å². The van der Waals surface area contributed by atoms with Gasteiger partial charge in [0.25, 0.3) is 0 Å². The molecule has 0 N–H and O–H groups in total. The van der Waals surface area contributed by atoms with Gasteiger partial charge in [0.2, 0.25) is 0 Å². The normalized spacial score (nSPS) is 37.0. The number of hydrogen-bond acceptors (Lipinski definition) is 5. The molecule has 226 valence electrons. The molecule has 1 aromatic carbocycles. The van der Waals surface area contributed by atoms with Gasteiger partial charge in [-0.2, -0.15) is 0 Å². The van der Waals surface area contributed by atoms with E-state index in [1.165, 1.54) is 0 Å². The lowest BCUT2D eigenvalue weighted by Crippen LogP contribution is -2.48. The fourth-order valence-corrected chi connectivity index (χ4v) is 9.04. The van der Waals surface area contributed by atoms with E-state index >= 15 is 0 Å². The lowest BCUT2D eigenvalue weighted by atomic mass is 9.81. The van der Waals surface area contributed by atoms with Crippen LogP contribution >= 0.6 is 0 Å². The predicted octanol–water partition coefficient (Wildman–Crippen LogP) is 7.78. The summed E-state index contributed by atoms with van der Waals surface area (Å²) in [7, 11) is -3.47. The molecule has 3 aliphatic heterocycles. The molecule has 0 bridgehead atoms. The second kappa shape index (κ2) is 13.4. The van der Waals surface area contributed by atoms with E-state index in [-0.39, 0.29) is 59.6 Å². The predicted molar refractivity (Wildman–Crippen MR) is 162 cm³/mol. The molecule has 4 rings (SSSR count). The molecule has 3 heterocycles. The van der Waals surface area contributed by atoms with Crippen molar-refractivity contribution in [3.05, 3.63) is 42.5 Å². The second-order valence-electron chi connectivity index (χ2n) is 13.1. The maximum Gasteiger partial charge on any atom is 0.178 e. The Labute approximate surface area is 245 Å². The van der Waals surface area contributed by atoms with Gasteiger partial charge in [-0.05, 0) is 81.7 Å². The molecule has 0 saturated carbocycles. The Hall–Kier alpha value is -1.21. The summed E-state index contributed by atoms with van der Waals surface area (Å²) in [6.45, 7) is 17.4. The summed E-state index contributed by atoms with van der Waals surface area (Å²) in [6, 6.07) is 8.73. The van der Waals surface area contributed by atoms with Crippen molar-refractivity contribution in [2.24, 2.45) is 23.7 Å². The monoisotopic (exact) mass is 576 g/mol. The fourth-order valence-electron chi connectivity index (χ4n) is 7.25. The average molecular weight is 577 g/mol. The van der Waals surface area contributed by atoms with Gasteiger partial charge in [-0.1, -0.05) is 71.4 Å². The average Bonchev–Trinajstić information content (AvgIpc) is 3.43. The number of sulfone groups is 1. The maximum absolute atomic E-state index is 13.4. The summed E-state index contributed by atoms with van der Waals surface area (Å²) < 4.78 is 55.5. The summed E-state index contributed by atoms with van der Waals surface area (Å²) in [4.78, 5) is 0.360. The Morgan fingerprint density at radius 3 is 2.50 bits per heavy atom. The summed E-state index contributed by atoms with van der Waals surface area (Å²) in [5.41, 5.74) is 0.711. The molecule has 11 atom stereocenters. The van der Waals surface area contributed by atoms with Gasteiger partial charge in [-0.3, -0.25) is 0 Å². The highest BCUT2D eigenvalue weighted by Crippen LogP contribution is 2.45. The third-order valence-corrected chi connectivity index (χ3v) is 12.0. The van der Waals surface area contributed by atoms with Gasteiger partial charge in [0.05, 0.1) is 46.8 Å². The zero-order valence-corrected chi connectivity index (χ0v) is 26.5. The van der Waals surface area contributed by atoms with Crippen molar-refractivity contribution in [3.63, 3.8) is 0 Å². The topological polar surface area (TPSA) is 61.8 Å². The van der Waals surface area contributed by atoms with E-state index in [0.29, 0.717) is 17.2 Å². The van der Waals surface area contributed by atoms with Crippen LogP contribution in [0.2, 0.25) is 0 Å². The third kappa shape index (κ3) is 7.22. The van der Waals surface area contributed by atoms with Crippen LogP contribution in [0.1, 0.15) is 101 Å². The number of hydrogen-bond donors (Lipinski definition) is 0. The van der Waals surface area contributed by atoms with Crippen molar-refractivity contribution >= 4 is 9.84 Å². The number of rotatable bonds is 13. The van der Waals surface area contributed by atoms with E-state index in [4.69, 9.17) is 15.6 Å². The Kier molecular flexibility index (Phi) is 10.1. The van der Waals surface area contributed by atoms with Gasteiger partial charge in [-0.15, -0.1) is 0 Å². The Bertz CT molecular complexity index is 1110. The molecular formula is C34H54O5S. The van der Waals surface area contributed by atoms with Crippen LogP contribution in [0.5, 0.6) is 0 Å². The van der Waals surface area contributed by atoms with Gasteiger partial charge in [0.15, 0.2) is 9.84 Å². The molecule has 1 aromatic rings. The van der Waals surface area contributed by atoms with Crippen LogP contribution in [0, 0.1) is 23.7 Å². The summed E-state index contributed by atoms with van der Waals surface area (Å²) >= 11 is 0. The minimum Gasteiger partial charge on any atom is -0.374 e. The van der Waals surface area contributed by atoms with Gasteiger partial charge in [-0.25, -0.2) is 8.42 Å². The molecule has 0 aliphatic carbocycles. The smallest absolute Gasteiger partial charge is 0.178 e. The molecule has 1 unspecified atom stereocenters. The molecule has 6 heteroatoms. The minimum absolute atomic E-state index is 0.00801. The molecule has 5 nitrogen and oxygen atoms in total. The lowest BCUT2D eigenvalue weighted by Gasteiger charge is -2.42. The molecule has 0 amide bonds. The molecule has 0 aromatic heterocycles. The van der Waals surface area contributed by atoms with Crippen molar-refractivity contribution in [2.75, 3.05) is 5.75 Å².